The van der Waals surface area contributed by atoms with Gasteiger partial charge in [-0.15, -0.1) is 5.10 Å². The lowest BCUT2D eigenvalue weighted by atomic mass is 9.95. The van der Waals surface area contributed by atoms with Crippen LogP contribution >= 0.6 is 11.3 Å². The third kappa shape index (κ3) is 4.71. The molecule has 1 N–H and O–H groups in total. The van der Waals surface area contributed by atoms with Crippen molar-refractivity contribution in [1.82, 2.24) is 15.5 Å². The summed E-state index contributed by atoms with van der Waals surface area (Å²) in [6, 6.07) is 0.453. The molecule has 0 saturated heterocycles. The molecule has 1 saturated carbocycles. The van der Waals surface area contributed by atoms with Gasteiger partial charge in [-0.1, -0.05) is 30.3 Å². The third-order valence-corrected chi connectivity index (χ3v) is 4.10. The van der Waals surface area contributed by atoms with E-state index in [2.05, 4.69) is 29.4 Å². The molecular weight excluding hydrogens is 262 g/mol. The molecule has 19 heavy (non-hydrogen) atoms. The Bertz CT molecular complexity index is 384. The first kappa shape index (κ1) is 14.7. The molecule has 0 spiro atoms. The maximum Gasteiger partial charge on any atom is 0.294 e. The molecule has 0 aliphatic heterocycles. The Morgan fingerprint density at radius 1 is 1.32 bits per heavy atom. The summed E-state index contributed by atoms with van der Waals surface area (Å²) in [5, 5.41) is 13.2. The normalized spacial score (nSPS) is 23.8. The van der Waals surface area contributed by atoms with Crippen LogP contribution in [0.3, 0.4) is 0 Å². The first-order valence-corrected chi connectivity index (χ1v) is 7.74. The molecule has 6 heteroatoms. The average molecular weight is 285 g/mol. The van der Waals surface area contributed by atoms with Gasteiger partial charge in [0.2, 0.25) is 0 Å². The molecule has 0 aromatic carbocycles. The minimum atomic E-state index is 0.220. The van der Waals surface area contributed by atoms with E-state index in [0.717, 1.165) is 37.2 Å². The molecule has 1 fully saturated rings. The molecule has 1 aromatic heterocycles. The number of aromatic nitrogens is 2. The maximum absolute atomic E-state index is 5.91. The van der Waals surface area contributed by atoms with Crippen LogP contribution in [0, 0.1) is 0 Å². The van der Waals surface area contributed by atoms with Crippen molar-refractivity contribution in [2.24, 2.45) is 0 Å². The highest BCUT2D eigenvalue weighted by Crippen LogP contribution is 2.27. The van der Waals surface area contributed by atoms with Crippen molar-refractivity contribution in [3.8, 4) is 5.19 Å². The number of rotatable bonds is 6. The summed E-state index contributed by atoms with van der Waals surface area (Å²) in [4.78, 5) is 0. The minimum Gasteiger partial charge on any atom is -0.466 e. The van der Waals surface area contributed by atoms with Crippen molar-refractivity contribution in [3.05, 3.63) is 5.01 Å². The van der Waals surface area contributed by atoms with Crippen LogP contribution in [-0.4, -0.2) is 35.6 Å². The van der Waals surface area contributed by atoms with E-state index in [1.807, 2.05) is 0 Å². The molecule has 0 amide bonds. The van der Waals surface area contributed by atoms with Crippen LogP contribution in [0.2, 0.25) is 0 Å². The fourth-order valence-electron chi connectivity index (χ4n) is 2.21. The van der Waals surface area contributed by atoms with Gasteiger partial charge in [0.1, 0.15) is 11.1 Å². The predicted octanol–water partition coefficient (Wildman–Crippen LogP) is 2.37. The topological polar surface area (TPSA) is 56.3 Å². The second kappa shape index (κ2) is 7.17. The van der Waals surface area contributed by atoms with Gasteiger partial charge in [0.25, 0.3) is 5.19 Å². The summed E-state index contributed by atoms with van der Waals surface area (Å²) < 4.78 is 11.3. The van der Waals surface area contributed by atoms with Gasteiger partial charge in [-0.3, -0.25) is 0 Å². The molecule has 0 bridgehead atoms. The van der Waals surface area contributed by atoms with E-state index in [1.54, 1.807) is 7.11 Å². The summed E-state index contributed by atoms with van der Waals surface area (Å²) in [5.41, 5.74) is 0. The van der Waals surface area contributed by atoms with Crippen molar-refractivity contribution >= 4 is 11.3 Å². The Kier molecular flexibility index (Phi) is 5.54. The fraction of sp³-hybridized carbons (Fsp3) is 0.846. The fourth-order valence-corrected chi connectivity index (χ4v) is 2.92. The minimum absolute atomic E-state index is 0.220. The quantitative estimate of drug-likeness (QED) is 0.869. The Labute approximate surface area is 118 Å². The van der Waals surface area contributed by atoms with Crippen LogP contribution in [0.4, 0.5) is 0 Å². The van der Waals surface area contributed by atoms with E-state index < -0.39 is 0 Å². The van der Waals surface area contributed by atoms with Gasteiger partial charge in [-0.25, -0.2) is 0 Å². The lowest BCUT2D eigenvalue weighted by Crippen LogP contribution is -2.29. The molecule has 2 atom stereocenters. The van der Waals surface area contributed by atoms with Crippen LogP contribution < -0.4 is 10.1 Å². The smallest absolute Gasteiger partial charge is 0.294 e. The van der Waals surface area contributed by atoms with E-state index >= 15 is 0 Å². The molecule has 108 valence electrons. The highest BCUT2D eigenvalue weighted by atomic mass is 32.1. The number of nitrogens with zero attached hydrogens (tertiary/aromatic N) is 2. The molecule has 2 rings (SSSR count). The molecule has 0 radical (unpaired) electrons. The van der Waals surface area contributed by atoms with E-state index in [1.165, 1.54) is 11.3 Å². The Morgan fingerprint density at radius 3 is 2.84 bits per heavy atom. The second-order valence-corrected chi connectivity index (χ2v) is 6.29. The standard InChI is InChI=1S/C13H23N3O2S/c1-9(2)14-8-12-15-16-13(19-12)18-11-6-4-5-10(7-11)17-3/h9-11,14H,4-8H2,1-3H3. The van der Waals surface area contributed by atoms with Gasteiger partial charge in [0, 0.05) is 19.6 Å². The van der Waals surface area contributed by atoms with E-state index in [-0.39, 0.29) is 6.10 Å². The van der Waals surface area contributed by atoms with Crippen LogP contribution in [0.1, 0.15) is 44.5 Å². The lowest BCUT2D eigenvalue weighted by molar-refractivity contribution is 0.0207. The lowest BCUT2D eigenvalue weighted by Gasteiger charge is -2.27. The van der Waals surface area contributed by atoms with Crippen LogP contribution in [0.5, 0.6) is 5.19 Å². The summed E-state index contributed by atoms with van der Waals surface area (Å²) in [6.45, 7) is 4.99. The van der Waals surface area contributed by atoms with Crippen LogP contribution in [0.15, 0.2) is 0 Å². The van der Waals surface area contributed by atoms with Gasteiger partial charge < -0.3 is 14.8 Å². The van der Waals surface area contributed by atoms with Crippen LogP contribution in [0.25, 0.3) is 0 Å². The molecule has 1 aliphatic rings. The summed E-state index contributed by atoms with van der Waals surface area (Å²) >= 11 is 1.53. The Morgan fingerprint density at radius 2 is 2.11 bits per heavy atom. The van der Waals surface area contributed by atoms with Crippen molar-refractivity contribution in [2.45, 2.75) is 64.3 Å². The van der Waals surface area contributed by atoms with E-state index in [0.29, 0.717) is 17.3 Å². The zero-order valence-electron chi connectivity index (χ0n) is 11.9. The Balaban J connectivity index is 1.82. The van der Waals surface area contributed by atoms with E-state index in [9.17, 15) is 0 Å². The van der Waals surface area contributed by atoms with Crippen molar-refractivity contribution < 1.29 is 9.47 Å². The average Bonchev–Trinajstić information content (AvgIpc) is 2.84. The number of ether oxygens (including phenoxy) is 2. The zero-order chi connectivity index (χ0) is 13.7. The zero-order valence-corrected chi connectivity index (χ0v) is 12.7. The van der Waals surface area contributed by atoms with Crippen molar-refractivity contribution in [1.29, 1.82) is 0 Å². The van der Waals surface area contributed by atoms with Gasteiger partial charge in [0.15, 0.2) is 0 Å². The number of methoxy groups -OCH3 is 1. The molecule has 1 heterocycles. The highest BCUT2D eigenvalue weighted by molar-refractivity contribution is 7.13. The van der Waals surface area contributed by atoms with Crippen molar-refractivity contribution in [3.63, 3.8) is 0 Å². The molecule has 5 nitrogen and oxygen atoms in total. The first-order valence-electron chi connectivity index (χ1n) is 6.92. The Hall–Kier alpha value is -0.720. The third-order valence-electron chi connectivity index (χ3n) is 3.29. The summed E-state index contributed by atoms with van der Waals surface area (Å²) in [7, 11) is 1.77. The highest BCUT2D eigenvalue weighted by Gasteiger charge is 2.24. The number of hydrogen-bond donors (Lipinski definition) is 1. The number of hydrogen-bond acceptors (Lipinski definition) is 6. The van der Waals surface area contributed by atoms with Crippen molar-refractivity contribution in [2.75, 3.05) is 7.11 Å². The van der Waals surface area contributed by atoms with E-state index in [4.69, 9.17) is 9.47 Å². The van der Waals surface area contributed by atoms with Gasteiger partial charge in [-0.2, -0.15) is 0 Å². The molecular formula is C13H23N3O2S. The molecule has 1 aromatic rings. The molecule has 1 aliphatic carbocycles. The summed E-state index contributed by atoms with van der Waals surface area (Å²) in [6.07, 6.45) is 4.88. The maximum atomic E-state index is 5.91. The largest absolute Gasteiger partial charge is 0.466 e. The van der Waals surface area contributed by atoms with Gasteiger partial charge in [-0.05, 0) is 19.3 Å². The second-order valence-electron chi connectivity index (χ2n) is 5.26. The molecule has 2 unspecified atom stereocenters. The van der Waals surface area contributed by atoms with Crippen LogP contribution in [-0.2, 0) is 11.3 Å². The number of nitrogens with one attached hydrogen (secondary N) is 1. The monoisotopic (exact) mass is 285 g/mol. The van der Waals surface area contributed by atoms with Gasteiger partial charge in [0.05, 0.1) is 12.6 Å². The first-order chi connectivity index (χ1) is 9.17. The summed E-state index contributed by atoms with van der Waals surface area (Å²) in [5.74, 6) is 0. The SMILES string of the molecule is COC1CCCC(Oc2nnc(CNC(C)C)s2)C1. The van der Waals surface area contributed by atoms with Gasteiger partial charge >= 0.3 is 0 Å². The predicted molar refractivity (Wildman–Crippen MR) is 75.6 cm³/mol.